The molecule has 1 saturated heterocycles. The number of hydrogen-bond donors (Lipinski definition) is 1. The van der Waals surface area contributed by atoms with Crippen LogP contribution in [0.3, 0.4) is 0 Å². The van der Waals surface area contributed by atoms with Gasteiger partial charge in [-0.1, -0.05) is 6.92 Å². The van der Waals surface area contributed by atoms with Crippen LogP contribution < -0.4 is 25.6 Å². The molecule has 0 bridgehead atoms. The Morgan fingerprint density at radius 3 is 2.52 bits per heavy atom. The van der Waals surface area contributed by atoms with Crippen molar-refractivity contribution < 1.29 is 14.6 Å². The van der Waals surface area contributed by atoms with Gasteiger partial charge in [-0.15, -0.1) is 0 Å². The fourth-order valence-corrected chi connectivity index (χ4v) is 4.35. The van der Waals surface area contributed by atoms with Crippen molar-refractivity contribution in [2.75, 3.05) is 31.7 Å². The number of benzene rings is 1. The van der Waals surface area contributed by atoms with E-state index >= 15 is 0 Å². The van der Waals surface area contributed by atoms with E-state index in [0.29, 0.717) is 28.8 Å². The van der Waals surface area contributed by atoms with Crippen molar-refractivity contribution in [1.29, 1.82) is 0 Å². The average Bonchev–Trinajstić information content (AvgIpc) is 3.19. The minimum absolute atomic E-state index is 0.0356. The summed E-state index contributed by atoms with van der Waals surface area (Å²) in [5.41, 5.74) is -0.241. The Hall–Kier alpha value is -3.27. The van der Waals surface area contributed by atoms with Gasteiger partial charge in [-0.05, 0) is 43.0 Å². The second kappa shape index (κ2) is 9.30. The molecule has 33 heavy (non-hydrogen) atoms. The summed E-state index contributed by atoms with van der Waals surface area (Å²) in [6.45, 7) is 3.94. The molecule has 0 amide bonds. The highest BCUT2D eigenvalue weighted by atomic mass is 16.5. The van der Waals surface area contributed by atoms with Gasteiger partial charge in [0.15, 0.2) is 11.2 Å². The molecule has 1 N–H and O–H groups in total. The molecular weight excluding hydrogens is 426 g/mol. The van der Waals surface area contributed by atoms with Crippen LogP contribution in [-0.2, 0) is 20.6 Å². The van der Waals surface area contributed by atoms with Crippen molar-refractivity contribution in [3.8, 4) is 11.5 Å². The first-order chi connectivity index (χ1) is 15.8. The standard InChI is InChI=1S/C23H31N5O5/c1-15-6-5-11-27(12-15)22-24-20-19(21(30)26(3)23(31)25(20)2)28(22)13-16(29)14-33-18-9-7-17(32-4)8-10-18/h7-10,15-16,29H,5-6,11-14H2,1-4H3/t15-,16+/m0/s1. The van der Waals surface area contributed by atoms with Crippen LogP contribution in [0.25, 0.3) is 11.2 Å². The van der Waals surface area contributed by atoms with Gasteiger partial charge >= 0.3 is 5.69 Å². The number of imidazole rings is 1. The molecule has 3 aromatic rings. The Morgan fingerprint density at radius 2 is 1.85 bits per heavy atom. The number of nitrogens with zero attached hydrogens (tertiary/aromatic N) is 5. The van der Waals surface area contributed by atoms with Crippen molar-refractivity contribution in [2.24, 2.45) is 20.0 Å². The monoisotopic (exact) mass is 457 g/mol. The fraction of sp³-hybridized carbons (Fsp3) is 0.522. The van der Waals surface area contributed by atoms with Crippen LogP contribution in [-0.4, -0.2) is 56.7 Å². The maximum Gasteiger partial charge on any atom is 0.332 e. The predicted molar refractivity (Wildman–Crippen MR) is 125 cm³/mol. The molecule has 4 rings (SSSR count). The largest absolute Gasteiger partial charge is 0.497 e. The summed E-state index contributed by atoms with van der Waals surface area (Å²) < 4.78 is 15.1. The minimum Gasteiger partial charge on any atom is -0.497 e. The van der Waals surface area contributed by atoms with E-state index in [4.69, 9.17) is 14.5 Å². The Labute approximate surface area is 191 Å². The first-order valence-electron chi connectivity index (χ1n) is 11.2. The number of aliphatic hydroxyl groups is 1. The number of piperidine rings is 1. The second-order valence-electron chi connectivity index (χ2n) is 8.73. The van der Waals surface area contributed by atoms with Crippen LogP contribution in [0, 0.1) is 5.92 Å². The number of hydrogen-bond acceptors (Lipinski definition) is 7. The Bertz CT molecular complexity index is 1240. The number of aryl methyl sites for hydroxylation is 1. The van der Waals surface area contributed by atoms with Gasteiger partial charge in [0, 0.05) is 27.2 Å². The number of fused-ring (bicyclic) bond motifs is 1. The molecule has 10 heteroatoms. The molecule has 2 atom stereocenters. The Morgan fingerprint density at radius 1 is 1.15 bits per heavy atom. The van der Waals surface area contributed by atoms with Gasteiger partial charge in [0.05, 0.1) is 13.7 Å². The summed E-state index contributed by atoms with van der Waals surface area (Å²) >= 11 is 0. The summed E-state index contributed by atoms with van der Waals surface area (Å²) in [4.78, 5) is 32.3. The smallest absolute Gasteiger partial charge is 0.332 e. The quantitative estimate of drug-likeness (QED) is 0.567. The number of methoxy groups -OCH3 is 1. The number of aromatic nitrogens is 4. The van der Waals surface area contributed by atoms with Gasteiger partial charge in [0.1, 0.15) is 24.2 Å². The fourth-order valence-electron chi connectivity index (χ4n) is 4.35. The van der Waals surface area contributed by atoms with Crippen molar-refractivity contribution in [1.82, 2.24) is 18.7 Å². The van der Waals surface area contributed by atoms with E-state index in [-0.39, 0.29) is 13.2 Å². The first-order valence-corrected chi connectivity index (χ1v) is 11.2. The van der Waals surface area contributed by atoms with Crippen LogP contribution in [0.5, 0.6) is 11.5 Å². The number of aliphatic hydroxyl groups excluding tert-OH is 1. The third-order valence-electron chi connectivity index (χ3n) is 6.16. The van der Waals surface area contributed by atoms with Crippen molar-refractivity contribution >= 4 is 17.1 Å². The Balaban J connectivity index is 1.67. The summed E-state index contributed by atoms with van der Waals surface area (Å²) in [6.07, 6.45) is 1.26. The van der Waals surface area contributed by atoms with Crippen LogP contribution in [0.2, 0.25) is 0 Å². The molecule has 0 radical (unpaired) electrons. The highest BCUT2D eigenvalue weighted by Gasteiger charge is 2.26. The summed E-state index contributed by atoms with van der Waals surface area (Å²) in [7, 11) is 4.65. The van der Waals surface area contributed by atoms with E-state index in [1.165, 1.54) is 11.6 Å². The first kappa shape index (κ1) is 22.9. The summed E-state index contributed by atoms with van der Waals surface area (Å²) in [5, 5.41) is 10.8. The normalized spacial score (nSPS) is 17.4. The van der Waals surface area contributed by atoms with Crippen LogP contribution >= 0.6 is 0 Å². The zero-order valence-corrected chi connectivity index (χ0v) is 19.5. The van der Waals surface area contributed by atoms with Gasteiger partial charge in [-0.25, -0.2) is 4.79 Å². The highest BCUT2D eigenvalue weighted by Crippen LogP contribution is 2.26. The molecule has 1 fully saturated rings. The van der Waals surface area contributed by atoms with E-state index in [0.717, 1.165) is 36.2 Å². The third kappa shape index (κ3) is 4.47. The molecule has 1 aliphatic heterocycles. The van der Waals surface area contributed by atoms with Crippen LogP contribution in [0.1, 0.15) is 19.8 Å². The molecule has 0 saturated carbocycles. The summed E-state index contributed by atoms with van der Waals surface area (Å²) in [6, 6.07) is 7.10. The molecular formula is C23H31N5O5. The lowest BCUT2D eigenvalue weighted by atomic mass is 10.0. The van der Waals surface area contributed by atoms with Gasteiger partial charge in [0.2, 0.25) is 5.95 Å². The van der Waals surface area contributed by atoms with E-state index in [1.54, 1.807) is 43.0 Å². The van der Waals surface area contributed by atoms with Crippen molar-refractivity contribution in [3.63, 3.8) is 0 Å². The lowest BCUT2D eigenvalue weighted by molar-refractivity contribution is 0.0935. The Kier molecular flexibility index (Phi) is 6.46. The lowest BCUT2D eigenvalue weighted by Crippen LogP contribution is -2.39. The topological polar surface area (TPSA) is 104 Å². The molecule has 0 unspecified atom stereocenters. The molecule has 0 aliphatic carbocycles. The van der Waals surface area contributed by atoms with E-state index < -0.39 is 17.4 Å². The molecule has 1 aliphatic rings. The molecule has 1 aromatic carbocycles. The lowest BCUT2D eigenvalue weighted by Gasteiger charge is -2.32. The van der Waals surface area contributed by atoms with Gasteiger partial charge in [-0.2, -0.15) is 4.98 Å². The average molecular weight is 458 g/mol. The maximum atomic E-state index is 13.0. The zero-order valence-electron chi connectivity index (χ0n) is 19.5. The summed E-state index contributed by atoms with van der Waals surface area (Å²) in [5.74, 6) is 2.41. The number of ether oxygens (including phenoxy) is 2. The van der Waals surface area contributed by atoms with Crippen molar-refractivity contribution in [3.05, 3.63) is 45.1 Å². The molecule has 10 nitrogen and oxygen atoms in total. The molecule has 178 valence electrons. The van der Waals surface area contributed by atoms with Gasteiger partial charge < -0.3 is 24.0 Å². The molecule has 2 aromatic heterocycles. The zero-order chi connectivity index (χ0) is 23.7. The SMILES string of the molecule is COc1ccc(OC[C@H](O)Cn2c(N3CCC[C@H](C)C3)nc3c2c(=O)n(C)c(=O)n3C)cc1. The molecule has 3 heterocycles. The molecule has 0 spiro atoms. The van der Waals surface area contributed by atoms with E-state index in [9.17, 15) is 14.7 Å². The second-order valence-corrected chi connectivity index (χ2v) is 8.73. The van der Waals surface area contributed by atoms with Gasteiger partial charge in [0.25, 0.3) is 5.56 Å². The maximum absolute atomic E-state index is 13.0. The third-order valence-corrected chi connectivity index (χ3v) is 6.16. The van der Waals surface area contributed by atoms with Crippen molar-refractivity contribution in [2.45, 2.75) is 32.4 Å². The van der Waals surface area contributed by atoms with E-state index in [2.05, 4.69) is 11.8 Å². The minimum atomic E-state index is -0.896. The van der Waals surface area contributed by atoms with Gasteiger partial charge in [-0.3, -0.25) is 13.9 Å². The van der Waals surface area contributed by atoms with E-state index in [1.807, 2.05) is 0 Å². The van der Waals surface area contributed by atoms with Crippen LogP contribution in [0.4, 0.5) is 5.95 Å². The number of rotatable bonds is 7. The number of anilines is 1. The van der Waals surface area contributed by atoms with Crippen LogP contribution in [0.15, 0.2) is 33.9 Å². The highest BCUT2D eigenvalue weighted by molar-refractivity contribution is 5.74. The predicted octanol–water partition coefficient (Wildman–Crippen LogP) is 1.12.